The lowest BCUT2D eigenvalue weighted by molar-refractivity contribution is 0.127. The van der Waals surface area contributed by atoms with E-state index in [9.17, 15) is 18.7 Å². The van der Waals surface area contributed by atoms with Gasteiger partial charge in [-0.2, -0.15) is 5.26 Å². The molecule has 1 atom stereocenters. The molecule has 2 aromatic carbocycles. The molecule has 1 saturated heterocycles. The molecule has 10 heteroatoms. The van der Waals surface area contributed by atoms with Crippen LogP contribution in [0.3, 0.4) is 0 Å². The van der Waals surface area contributed by atoms with Gasteiger partial charge >= 0.3 is 0 Å². The molecule has 196 valence electrons. The summed E-state index contributed by atoms with van der Waals surface area (Å²) in [6.07, 6.45) is -1.49. The van der Waals surface area contributed by atoms with Crippen LogP contribution < -0.4 is 10.9 Å². The van der Waals surface area contributed by atoms with Gasteiger partial charge in [0.1, 0.15) is 5.82 Å². The number of hydrogen-bond acceptors (Lipinski definition) is 6. The lowest BCUT2D eigenvalue weighted by Gasteiger charge is -2.35. The molecule has 0 amide bonds. The van der Waals surface area contributed by atoms with Crippen LogP contribution >= 0.6 is 0 Å². The Bertz CT molecular complexity index is 1420. The fraction of sp³-hybridized carbons (Fsp3) is 0.321. The molecule has 1 aromatic heterocycles. The van der Waals surface area contributed by atoms with Gasteiger partial charge in [-0.25, -0.2) is 18.2 Å². The molecular weight excluding hydrogens is 495 g/mol. The van der Waals surface area contributed by atoms with E-state index in [1.807, 2.05) is 24.3 Å². The Morgan fingerprint density at radius 2 is 1.84 bits per heavy atom. The molecule has 2 heterocycles. The second kappa shape index (κ2) is 12.4. The van der Waals surface area contributed by atoms with Crippen molar-refractivity contribution in [2.24, 2.45) is 5.92 Å². The van der Waals surface area contributed by atoms with Crippen LogP contribution in [0, 0.1) is 34.9 Å². The van der Waals surface area contributed by atoms with Crippen LogP contribution in [0.25, 0.3) is 0 Å². The van der Waals surface area contributed by atoms with Crippen LogP contribution in [-0.4, -0.2) is 52.6 Å². The molecule has 3 N–H and O–H groups in total. The summed E-state index contributed by atoms with van der Waals surface area (Å²) in [6, 6.07) is 14.4. The molecular formula is C28H26F3N5O2. The Morgan fingerprint density at radius 1 is 1.13 bits per heavy atom. The minimum atomic E-state index is -2.58. The highest BCUT2D eigenvalue weighted by molar-refractivity contribution is 5.45. The van der Waals surface area contributed by atoms with Crippen LogP contribution in [0.4, 0.5) is 13.2 Å². The van der Waals surface area contributed by atoms with E-state index < -0.39 is 36.0 Å². The van der Waals surface area contributed by atoms with E-state index in [-0.39, 0.29) is 30.1 Å². The molecule has 0 aliphatic carbocycles. The van der Waals surface area contributed by atoms with Gasteiger partial charge in [-0.15, -0.1) is 0 Å². The van der Waals surface area contributed by atoms with E-state index in [1.165, 1.54) is 12.1 Å². The van der Waals surface area contributed by atoms with E-state index in [0.717, 1.165) is 37.1 Å². The number of aromatic hydroxyl groups is 1. The third-order valence-corrected chi connectivity index (χ3v) is 6.32. The highest BCUT2D eigenvalue weighted by Crippen LogP contribution is 2.25. The number of halogens is 3. The van der Waals surface area contributed by atoms with Crippen molar-refractivity contribution in [2.75, 3.05) is 26.2 Å². The van der Waals surface area contributed by atoms with Crippen molar-refractivity contribution in [1.29, 1.82) is 5.26 Å². The van der Waals surface area contributed by atoms with Crippen molar-refractivity contribution in [3.8, 4) is 23.7 Å². The number of aromatic nitrogens is 2. The minimum Gasteiger partial charge on any atom is -0.502 e. The second-order valence-electron chi connectivity index (χ2n) is 9.18. The van der Waals surface area contributed by atoms with Gasteiger partial charge in [0.2, 0.25) is 5.75 Å². The molecule has 1 aliphatic rings. The number of nitrogens with one attached hydrogen (secondary N) is 2. The normalized spacial score (nSPS) is 14.4. The Labute approximate surface area is 218 Å². The fourth-order valence-electron chi connectivity index (χ4n) is 4.28. The Morgan fingerprint density at radius 3 is 2.53 bits per heavy atom. The van der Waals surface area contributed by atoms with Gasteiger partial charge in [-0.05, 0) is 35.4 Å². The van der Waals surface area contributed by atoms with E-state index in [1.54, 1.807) is 6.07 Å². The molecule has 0 unspecified atom stereocenters. The molecule has 0 saturated carbocycles. The first-order valence-corrected chi connectivity index (χ1v) is 12.1. The Kier molecular flexibility index (Phi) is 8.80. The first-order valence-electron chi connectivity index (χ1n) is 12.1. The van der Waals surface area contributed by atoms with Gasteiger partial charge in [0.15, 0.2) is 0 Å². The predicted octanol–water partition coefficient (Wildman–Crippen LogP) is 3.15. The molecule has 4 rings (SSSR count). The average molecular weight is 522 g/mol. The first kappa shape index (κ1) is 26.9. The van der Waals surface area contributed by atoms with E-state index >= 15 is 4.39 Å². The first-order chi connectivity index (χ1) is 18.3. The van der Waals surface area contributed by atoms with Crippen molar-refractivity contribution in [1.82, 2.24) is 20.2 Å². The number of rotatable bonds is 9. The average Bonchev–Trinajstić information content (AvgIpc) is 2.87. The van der Waals surface area contributed by atoms with Crippen molar-refractivity contribution in [2.45, 2.75) is 25.3 Å². The van der Waals surface area contributed by atoms with Gasteiger partial charge in [-0.3, -0.25) is 9.69 Å². The minimum absolute atomic E-state index is 0.0127. The quantitative estimate of drug-likeness (QED) is 0.374. The van der Waals surface area contributed by atoms with Crippen LogP contribution in [0.1, 0.15) is 33.9 Å². The van der Waals surface area contributed by atoms with Gasteiger partial charge in [0.25, 0.3) is 12.0 Å². The third kappa shape index (κ3) is 7.00. The monoisotopic (exact) mass is 521 g/mol. The summed E-state index contributed by atoms with van der Waals surface area (Å²) in [5.41, 5.74) is 1.86. The molecule has 3 aromatic rings. The highest BCUT2D eigenvalue weighted by atomic mass is 19.3. The lowest BCUT2D eigenvalue weighted by atomic mass is 9.92. The molecule has 1 aliphatic heterocycles. The zero-order valence-electron chi connectivity index (χ0n) is 20.4. The van der Waals surface area contributed by atoms with Gasteiger partial charge in [0, 0.05) is 49.6 Å². The molecule has 0 spiro atoms. The number of nitriles is 1. The van der Waals surface area contributed by atoms with Crippen molar-refractivity contribution < 1.29 is 18.3 Å². The SMILES string of the molecule is N#CC1CN(Cc2ccc(C#Cc3ccc([C@H](CNCC(F)F)Cc4nc[nH]c(=O)c4O)c(F)c3)cc2)C1. The number of alkyl halides is 2. The topological polar surface area (TPSA) is 105 Å². The molecule has 1 fully saturated rings. The summed E-state index contributed by atoms with van der Waals surface area (Å²) in [6.45, 7) is 1.75. The van der Waals surface area contributed by atoms with Crippen LogP contribution in [0.15, 0.2) is 53.6 Å². The Balaban J connectivity index is 1.46. The second-order valence-corrected chi connectivity index (χ2v) is 9.18. The number of hydrogen-bond donors (Lipinski definition) is 3. The summed E-state index contributed by atoms with van der Waals surface area (Å²) in [4.78, 5) is 20.1. The summed E-state index contributed by atoms with van der Waals surface area (Å²) in [5, 5.41) is 21.5. The van der Waals surface area contributed by atoms with E-state index in [2.05, 4.69) is 38.1 Å². The summed E-state index contributed by atoms with van der Waals surface area (Å²) in [5.74, 6) is 4.23. The van der Waals surface area contributed by atoms with E-state index in [0.29, 0.717) is 5.56 Å². The van der Waals surface area contributed by atoms with Gasteiger partial charge in [0.05, 0.1) is 30.6 Å². The number of nitrogens with zero attached hydrogens (tertiary/aromatic N) is 3. The van der Waals surface area contributed by atoms with Crippen molar-refractivity contribution in [3.63, 3.8) is 0 Å². The summed E-state index contributed by atoms with van der Waals surface area (Å²) in [7, 11) is 0. The zero-order chi connectivity index (χ0) is 27.1. The fourth-order valence-corrected chi connectivity index (χ4v) is 4.28. The zero-order valence-corrected chi connectivity index (χ0v) is 20.4. The third-order valence-electron chi connectivity index (χ3n) is 6.32. The smallest absolute Gasteiger partial charge is 0.293 e. The van der Waals surface area contributed by atoms with Crippen LogP contribution in [0.5, 0.6) is 5.75 Å². The Hall–Kier alpha value is -4.12. The maximum atomic E-state index is 15.1. The van der Waals surface area contributed by atoms with Crippen molar-refractivity contribution >= 4 is 0 Å². The van der Waals surface area contributed by atoms with Crippen LogP contribution in [-0.2, 0) is 13.0 Å². The molecule has 38 heavy (non-hydrogen) atoms. The maximum absolute atomic E-state index is 15.1. The number of aromatic amines is 1. The number of H-pyrrole nitrogens is 1. The van der Waals surface area contributed by atoms with Crippen molar-refractivity contribution in [3.05, 3.63) is 92.9 Å². The van der Waals surface area contributed by atoms with Gasteiger partial charge < -0.3 is 15.4 Å². The van der Waals surface area contributed by atoms with Gasteiger partial charge in [-0.1, -0.05) is 30.0 Å². The maximum Gasteiger partial charge on any atom is 0.293 e. The van der Waals surface area contributed by atoms with Crippen LogP contribution in [0.2, 0.25) is 0 Å². The number of likely N-dealkylation sites (tertiary alicyclic amines) is 1. The van der Waals surface area contributed by atoms with E-state index in [4.69, 9.17) is 5.26 Å². The highest BCUT2D eigenvalue weighted by Gasteiger charge is 2.26. The predicted molar refractivity (Wildman–Crippen MR) is 135 cm³/mol. The largest absolute Gasteiger partial charge is 0.502 e. The molecule has 0 bridgehead atoms. The molecule has 7 nitrogen and oxygen atoms in total. The lowest BCUT2D eigenvalue weighted by Crippen LogP contribution is -2.45. The number of benzene rings is 2. The summed E-state index contributed by atoms with van der Waals surface area (Å²) < 4.78 is 40.4. The summed E-state index contributed by atoms with van der Waals surface area (Å²) >= 11 is 0. The standard InChI is InChI=1S/C28H26F3N5O2/c29-24-9-19(4-1-18-2-5-20(6-3-18)14-36-15-21(11-32)16-36)7-8-23(24)22(12-33-13-26(30)31)10-25-27(37)28(38)35-17-34-25/h2-3,5-9,17,21-22,26,33,37H,10,12-16H2,(H,34,35,38)/t22-/m0/s1. The molecule has 0 radical (unpaired) electrons.